The maximum atomic E-state index is 11.4. The summed E-state index contributed by atoms with van der Waals surface area (Å²) in [4.78, 5) is 13.6. The largest absolute Gasteiger partial charge is 0.465 e. The Morgan fingerprint density at radius 1 is 1.16 bits per heavy atom. The zero-order valence-corrected chi connectivity index (χ0v) is 14.4. The number of rotatable bonds is 6. The summed E-state index contributed by atoms with van der Waals surface area (Å²) in [6.07, 6.45) is 5.88. The molecule has 0 atom stereocenters. The predicted molar refractivity (Wildman–Crippen MR) is 99.4 cm³/mol. The standard InChI is InChI=1S/C21H21NO3/c1-22(15-19-7-3-6-17-12-14-25-20(17)19)13-4-5-16-8-10-18(11-9-16)21(23)24-2/h3-12,14H,13,15H2,1-2H3/b5-4+. The van der Waals surface area contributed by atoms with Crippen LogP contribution in [0.5, 0.6) is 0 Å². The normalized spacial score (nSPS) is 11.5. The van der Waals surface area contributed by atoms with Gasteiger partial charge in [-0.25, -0.2) is 4.79 Å². The average Bonchev–Trinajstić information content (AvgIpc) is 3.11. The number of methoxy groups -OCH3 is 1. The predicted octanol–water partition coefficient (Wildman–Crippen LogP) is 4.36. The molecule has 25 heavy (non-hydrogen) atoms. The maximum Gasteiger partial charge on any atom is 0.337 e. The molecule has 0 radical (unpaired) electrons. The number of likely N-dealkylation sites (N-methyl/N-ethyl adjacent to an activating group) is 1. The van der Waals surface area contributed by atoms with Crippen LogP contribution >= 0.6 is 0 Å². The number of furan rings is 1. The zero-order chi connectivity index (χ0) is 17.6. The number of nitrogens with zero attached hydrogens (tertiary/aromatic N) is 1. The molecule has 3 aromatic rings. The molecule has 4 nitrogen and oxygen atoms in total. The van der Waals surface area contributed by atoms with E-state index in [0.29, 0.717) is 5.56 Å². The molecule has 4 heteroatoms. The summed E-state index contributed by atoms with van der Waals surface area (Å²) in [5, 5.41) is 1.13. The van der Waals surface area contributed by atoms with Gasteiger partial charge in [0.25, 0.3) is 0 Å². The average molecular weight is 335 g/mol. The molecule has 1 aromatic heterocycles. The molecule has 3 rings (SSSR count). The fraction of sp³-hybridized carbons (Fsp3) is 0.190. The van der Waals surface area contributed by atoms with Crippen molar-refractivity contribution < 1.29 is 13.9 Å². The van der Waals surface area contributed by atoms with Crippen LogP contribution < -0.4 is 0 Å². The van der Waals surface area contributed by atoms with Crippen molar-refractivity contribution in [3.63, 3.8) is 0 Å². The fourth-order valence-electron chi connectivity index (χ4n) is 2.75. The van der Waals surface area contributed by atoms with Crippen molar-refractivity contribution >= 4 is 23.0 Å². The first-order valence-corrected chi connectivity index (χ1v) is 8.16. The van der Waals surface area contributed by atoms with Gasteiger partial charge < -0.3 is 9.15 Å². The topological polar surface area (TPSA) is 42.7 Å². The van der Waals surface area contributed by atoms with Gasteiger partial charge in [-0.05, 0) is 30.8 Å². The SMILES string of the molecule is COC(=O)c1ccc(/C=C/CN(C)Cc2cccc3ccoc23)cc1. The van der Waals surface area contributed by atoms with E-state index in [4.69, 9.17) is 9.15 Å². The minimum atomic E-state index is -0.317. The minimum absolute atomic E-state index is 0.317. The van der Waals surface area contributed by atoms with Crippen LogP contribution in [0.15, 0.2) is 65.3 Å². The van der Waals surface area contributed by atoms with Gasteiger partial charge in [0.15, 0.2) is 0 Å². The van der Waals surface area contributed by atoms with E-state index in [1.165, 1.54) is 12.7 Å². The molecule has 0 bridgehead atoms. The summed E-state index contributed by atoms with van der Waals surface area (Å²) >= 11 is 0. The van der Waals surface area contributed by atoms with Crippen molar-refractivity contribution in [3.8, 4) is 0 Å². The smallest absolute Gasteiger partial charge is 0.337 e. The molecule has 0 spiro atoms. The van der Waals surface area contributed by atoms with Crippen molar-refractivity contribution in [2.75, 3.05) is 20.7 Å². The Morgan fingerprint density at radius 3 is 2.72 bits per heavy atom. The Morgan fingerprint density at radius 2 is 1.96 bits per heavy atom. The lowest BCUT2D eigenvalue weighted by Gasteiger charge is -2.14. The maximum absolute atomic E-state index is 11.4. The van der Waals surface area contributed by atoms with E-state index in [0.717, 1.165) is 29.6 Å². The fourth-order valence-corrected chi connectivity index (χ4v) is 2.75. The van der Waals surface area contributed by atoms with Crippen LogP contribution in [-0.4, -0.2) is 31.6 Å². The van der Waals surface area contributed by atoms with Gasteiger partial charge in [0, 0.05) is 24.0 Å². The second kappa shape index (κ2) is 7.81. The van der Waals surface area contributed by atoms with Gasteiger partial charge in [-0.1, -0.05) is 42.5 Å². The Hall–Kier alpha value is -2.85. The van der Waals surface area contributed by atoms with E-state index in [1.807, 2.05) is 24.3 Å². The molecule has 0 N–H and O–H groups in total. The number of carbonyl (C=O) groups excluding carboxylic acids is 1. The van der Waals surface area contributed by atoms with Crippen molar-refractivity contribution in [2.45, 2.75) is 6.54 Å². The van der Waals surface area contributed by atoms with Gasteiger partial charge in [0.1, 0.15) is 5.58 Å². The summed E-state index contributed by atoms with van der Waals surface area (Å²) in [5.74, 6) is -0.317. The Kier molecular flexibility index (Phi) is 5.31. The Balaban J connectivity index is 1.58. The second-order valence-corrected chi connectivity index (χ2v) is 5.97. The van der Waals surface area contributed by atoms with Crippen molar-refractivity contribution in [2.24, 2.45) is 0 Å². The third-order valence-electron chi connectivity index (χ3n) is 4.06. The number of esters is 1. The highest BCUT2D eigenvalue weighted by atomic mass is 16.5. The van der Waals surface area contributed by atoms with Crippen molar-refractivity contribution in [1.29, 1.82) is 0 Å². The number of ether oxygens (including phenoxy) is 1. The van der Waals surface area contributed by atoms with E-state index in [-0.39, 0.29) is 5.97 Å². The van der Waals surface area contributed by atoms with E-state index in [1.54, 1.807) is 18.4 Å². The van der Waals surface area contributed by atoms with Crippen molar-refractivity contribution in [3.05, 3.63) is 77.6 Å². The first kappa shape index (κ1) is 17.0. The Labute approximate surface area is 147 Å². The lowest BCUT2D eigenvalue weighted by Crippen LogP contribution is -2.17. The second-order valence-electron chi connectivity index (χ2n) is 5.97. The third kappa shape index (κ3) is 4.17. The molecular formula is C21H21NO3. The minimum Gasteiger partial charge on any atom is -0.465 e. The highest BCUT2D eigenvalue weighted by Gasteiger charge is 2.06. The molecule has 2 aromatic carbocycles. The quantitative estimate of drug-likeness (QED) is 0.628. The molecular weight excluding hydrogens is 314 g/mol. The highest BCUT2D eigenvalue weighted by Crippen LogP contribution is 2.20. The van der Waals surface area contributed by atoms with Gasteiger partial charge in [-0.2, -0.15) is 0 Å². The summed E-state index contributed by atoms with van der Waals surface area (Å²) < 4.78 is 10.3. The zero-order valence-electron chi connectivity index (χ0n) is 14.4. The number of para-hydroxylation sites is 1. The molecule has 0 unspecified atom stereocenters. The first-order chi connectivity index (χ1) is 12.2. The monoisotopic (exact) mass is 335 g/mol. The van der Waals surface area contributed by atoms with Crippen LogP contribution in [0.4, 0.5) is 0 Å². The lowest BCUT2D eigenvalue weighted by molar-refractivity contribution is 0.0600. The molecule has 0 saturated heterocycles. The number of hydrogen-bond donors (Lipinski definition) is 0. The van der Waals surface area contributed by atoms with Crippen LogP contribution in [-0.2, 0) is 11.3 Å². The van der Waals surface area contributed by atoms with Crippen LogP contribution in [0.3, 0.4) is 0 Å². The van der Waals surface area contributed by atoms with Gasteiger partial charge in [0.05, 0.1) is 18.9 Å². The molecule has 0 fully saturated rings. The van der Waals surface area contributed by atoms with Crippen molar-refractivity contribution in [1.82, 2.24) is 4.90 Å². The van der Waals surface area contributed by atoms with Crippen LogP contribution in [0.25, 0.3) is 17.0 Å². The number of hydrogen-bond acceptors (Lipinski definition) is 4. The summed E-state index contributed by atoms with van der Waals surface area (Å²) in [6.45, 7) is 1.63. The van der Waals surface area contributed by atoms with Gasteiger partial charge in [0.2, 0.25) is 0 Å². The van der Waals surface area contributed by atoms with Gasteiger partial charge in [-0.3, -0.25) is 4.90 Å². The number of benzene rings is 2. The van der Waals surface area contributed by atoms with Gasteiger partial charge in [-0.15, -0.1) is 0 Å². The lowest BCUT2D eigenvalue weighted by atomic mass is 10.1. The van der Waals surface area contributed by atoms with E-state index >= 15 is 0 Å². The summed E-state index contributed by atoms with van der Waals surface area (Å²) in [6, 6.07) is 15.5. The summed E-state index contributed by atoms with van der Waals surface area (Å²) in [5.41, 5.74) is 3.75. The highest BCUT2D eigenvalue weighted by molar-refractivity contribution is 5.89. The number of carbonyl (C=O) groups is 1. The van der Waals surface area contributed by atoms with E-state index < -0.39 is 0 Å². The van der Waals surface area contributed by atoms with Gasteiger partial charge >= 0.3 is 5.97 Å². The number of fused-ring (bicyclic) bond motifs is 1. The van der Waals surface area contributed by atoms with Crippen LogP contribution in [0.2, 0.25) is 0 Å². The third-order valence-corrected chi connectivity index (χ3v) is 4.06. The van der Waals surface area contributed by atoms with E-state index in [2.05, 4.69) is 36.2 Å². The molecule has 0 aliphatic rings. The first-order valence-electron chi connectivity index (χ1n) is 8.16. The molecule has 0 amide bonds. The molecule has 0 aliphatic heterocycles. The molecule has 0 aliphatic carbocycles. The molecule has 1 heterocycles. The summed E-state index contributed by atoms with van der Waals surface area (Å²) in [7, 11) is 3.46. The Bertz CT molecular complexity index is 878. The van der Waals surface area contributed by atoms with E-state index in [9.17, 15) is 4.79 Å². The van der Waals surface area contributed by atoms with Crippen LogP contribution in [0, 0.1) is 0 Å². The molecule has 0 saturated carbocycles. The molecule has 128 valence electrons. The van der Waals surface area contributed by atoms with Crippen LogP contribution in [0.1, 0.15) is 21.5 Å².